The lowest BCUT2D eigenvalue weighted by molar-refractivity contribution is 0.414. The molecule has 0 bridgehead atoms. The first-order valence-electron chi connectivity index (χ1n) is 8.11. The van der Waals surface area contributed by atoms with Crippen molar-refractivity contribution in [3.63, 3.8) is 0 Å². The Hall–Kier alpha value is -1.91. The molecule has 0 fully saturated rings. The average molecular weight is 355 g/mol. The highest BCUT2D eigenvalue weighted by Gasteiger charge is 2.08. The van der Waals surface area contributed by atoms with E-state index in [2.05, 4.69) is 61.6 Å². The predicted molar refractivity (Wildman–Crippen MR) is 106 cm³/mol. The predicted octanol–water partition coefficient (Wildman–Crippen LogP) is 5.50. The molecule has 3 aromatic rings. The summed E-state index contributed by atoms with van der Waals surface area (Å²) in [6.07, 6.45) is 0. The van der Waals surface area contributed by atoms with Gasteiger partial charge in [0.05, 0.1) is 7.11 Å². The van der Waals surface area contributed by atoms with Gasteiger partial charge >= 0.3 is 0 Å². The molecule has 0 N–H and O–H groups in total. The molecule has 0 atom stereocenters. The molecule has 0 saturated carbocycles. The van der Waals surface area contributed by atoms with Crippen molar-refractivity contribution in [2.75, 3.05) is 7.11 Å². The maximum atomic E-state index is 6.16. The summed E-state index contributed by atoms with van der Waals surface area (Å²) >= 11 is 1.84. The molecule has 0 amide bonds. The second-order valence-corrected chi connectivity index (χ2v) is 9.33. The second kappa shape index (κ2) is 7.77. The van der Waals surface area contributed by atoms with Gasteiger partial charge in [-0.15, -0.1) is 11.8 Å². The summed E-state index contributed by atoms with van der Waals surface area (Å²) in [5.41, 5.74) is 1.29. The molecule has 0 aliphatic rings. The monoisotopic (exact) mass is 354 g/mol. The van der Waals surface area contributed by atoms with E-state index in [0.29, 0.717) is 0 Å². The third-order valence-electron chi connectivity index (χ3n) is 3.72. The number of fused-ring (bicyclic) bond motifs is 1. The van der Waals surface area contributed by atoms with Crippen molar-refractivity contribution in [1.29, 1.82) is 0 Å². The fourth-order valence-electron chi connectivity index (χ4n) is 2.57. The molecule has 0 aromatic heterocycles. The Morgan fingerprint density at radius 1 is 0.958 bits per heavy atom. The molecule has 0 radical (unpaired) electrons. The highest BCUT2D eigenvalue weighted by Crippen LogP contribution is 2.34. The number of hydrogen-bond acceptors (Lipinski definition) is 3. The summed E-state index contributed by atoms with van der Waals surface area (Å²) in [6, 6.07) is 21.1. The first-order chi connectivity index (χ1) is 11.7. The zero-order valence-corrected chi connectivity index (χ0v) is 16.3. The van der Waals surface area contributed by atoms with Gasteiger partial charge in [0, 0.05) is 16.0 Å². The SMILES string of the molecule is COc1ccc(CSc2cc(O[SiH](C)C)c3ccccc3c2)cc1. The minimum Gasteiger partial charge on any atom is -0.547 e. The van der Waals surface area contributed by atoms with Gasteiger partial charge in [-0.25, -0.2) is 0 Å². The first-order valence-corrected chi connectivity index (χ1v) is 11.9. The standard InChI is InChI=1S/C20H22O2SSi/c1-21-17-10-8-15(9-11-17)14-23-18-12-16-6-4-5-7-19(16)20(13-18)22-24(2)3/h4-13,24H,14H2,1-3H3. The van der Waals surface area contributed by atoms with E-state index in [1.54, 1.807) is 7.11 Å². The Kier molecular flexibility index (Phi) is 5.48. The molecule has 0 unspecified atom stereocenters. The van der Waals surface area contributed by atoms with Crippen LogP contribution in [0.15, 0.2) is 65.6 Å². The van der Waals surface area contributed by atoms with Crippen molar-refractivity contribution in [2.45, 2.75) is 23.7 Å². The van der Waals surface area contributed by atoms with Crippen molar-refractivity contribution < 1.29 is 9.16 Å². The van der Waals surface area contributed by atoms with E-state index in [1.165, 1.54) is 21.2 Å². The van der Waals surface area contributed by atoms with Crippen molar-refractivity contribution >= 4 is 31.6 Å². The topological polar surface area (TPSA) is 18.5 Å². The molecule has 4 heteroatoms. The Morgan fingerprint density at radius 3 is 2.42 bits per heavy atom. The van der Waals surface area contributed by atoms with Gasteiger partial charge in [0.25, 0.3) is 0 Å². The highest BCUT2D eigenvalue weighted by atomic mass is 32.2. The van der Waals surface area contributed by atoms with Crippen LogP contribution in [0.3, 0.4) is 0 Å². The number of rotatable bonds is 6. The van der Waals surface area contributed by atoms with Crippen LogP contribution < -0.4 is 9.16 Å². The molecule has 0 spiro atoms. The lowest BCUT2D eigenvalue weighted by atomic mass is 10.1. The second-order valence-electron chi connectivity index (χ2n) is 5.95. The molecule has 3 rings (SSSR count). The van der Waals surface area contributed by atoms with Crippen LogP contribution in [0.1, 0.15) is 5.56 Å². The fraction of sp³-hybridized carbons (Fsp3) is 0.200. The number of methoxy groups -OCH3 is 1. The summed E-state index contributed by atoms with van der Waals surface area (Å²) in [5.74, 6) is 2.85. The van der Waals surface area contributed by atoms with Gasteiger partial charge in [0.2, 0.25) is 9.04 Å². The van der Waals surface area contributed by atoms with Gasteiger partial charge in [-0.3, -0.25) is 0 Å². The van der Waals surface area contributed by atoms with Crippen LogP contribution in [-0.2, 0) is 5.75 Å². The zero-order chi connectivity index (χ0) is 16.9. The number of hydrogen-bond donors (Lipinski definition) is 0. The Bertz CT molecular complexity index is 815. The lowest BCUT2D eigenvalue weighted by Gasteiger charge is -2.14. The third-order valence-corrected chi connectivity index (χ3v) is 5.50. The van der Waals surface area contributed by atoms with E-state index in [9.17, 15) is 0 Å². The molecule has 0 heterocycles. The Balaban J connectivity index is 1.83. The summed E-state index contributed by atoms with van der Waals surface area (Å²) in [6.45, 7) is 4.40. The highest BCUT2D eigenvalue weighted by molar-refractivity contribution is 7.98. The first kappa shape index (κ1) is 16.9. The molecular weight excluding hydrogens is 332 g/mol. The smallest absolute Gasteiger partial charge is 0.229 e. The minimum absolute atomic E-state index is 0.895. The van der Waals surface area contributed by atoms with Gasteiger partial charge in [0.1, 0.15) is 11.5 Å². The molecule has 124 valence electrons. The summed E-state index contributed by atoms with van der Waals surface area (Å²) < 4.78 is 11.4. The van der Waals surface area contributed by atoms with E-state index in [-0.39, 0.29) is 0 Å². The van der Waals surface area contributed by atoms with Crippen LogP contribution in [-0.4, -0.2) is 16.2 Å². The van der Waals surface area contributed by atoms with E-state index in [1.807, 2.05) is 23.9 Å². The maximum absolute atomic E-state index is 6.16. The maximum Gasteiger partial charge on any atom is 0.229 e. The zero-order valence-electron chi connectivity index (χ0n) is 14.3. The van der Waals surface area contributed by atoms with Gasteiger partial charge < -0.3 is 9.16 Å². The molecule has 0 aliphatic heterocycles. The van der Waals surface area contributed by atoms with Crippen LogP contribution in [0.2, 0.25) is 13.1 Å². The molecular formula is C20H22O2SSi. The van der Waals surface area contributed by atoms with Crippen molar-refractivity contribution in [2.24, 2.45) is 0 Å². The van der Waals surface area contributed by atoms with E-state index in [0.717, 1.165) is 17.3 Å². The van der Waals surface area contributed by atoms with Crippen LogP contribution in [0, 0.1) is 0 Å². The number of thioether (sulfide) groups is 1. The largest absolute Gasteiger partial charge is 0.547 e. The quantitative estimate of drug-likeness (QED) is 0.430. The average Bonchev–Trinajstić information content (AvgIpc) is 2.60. The van der Waals surface area contributed by atoms with E-state index >= 15 is 0 Å². The number of benzene rings is 3. The van der Waals surface area contributed by atoms with Crippen molar-refractivity contribution in [1.82, 2.24) is 0 Å². The Morgan fingerprint density at radius 2 is 1.71 bits per heavy atom. The lowest BCUT2D eigenvalue weighted by Crippen LogP contribution is -2.11. The number of ether oxygens (including phenoxy) is 1. The normalized spacial score (nSPS) is 11.0. The van der Waals surface area contributed by atoms with Gasteiger partial charge in [-0.2, -0.15) is 0 Å². The van der Waals surface area contributed by atoms with Crippen LogP contribution in [0.4, 0.5) is 0 Å². The van der Waals surface area contributed by atoms with E-state index in [4.69, 9.17) is 9.16 Å². The summed E-state index contributed by atoms with van der Waals surface area (Å²) in [7, 11) is 0.555. The molecule has 0 aliphatic carbocycles. The van der Waals surface area contributed by atoms with Gasteiger partial charge in [0.15, 0.2) is 0 Å². The molecule has 24 heavy (non-hydrogen) atoms. The van der Waals surface area contributed by atoms with Crippen molar-refractivity contribution in [3.8, 4) is 11.5 Å². The van der Waals surface area contributed by atoms with E-state index < -0.39 is 9.04 Å². The molecule has 0 saturated heterocycles. The minimum atomic E-state index is -1.14. The van der Waals surface area contributed by atoms with Crippen LogP contribution >= 0.6 is 11.8 Å². The third kappa shape index (κ3) is 4.13. The molecule has 3 aromatic carbocycles. The molecule has 2 nitrogen and oxygen atoms in total. The van der Waals surface area contributed by atoms with Gasteiger partial charge in [-0.05, 0) is 48.3 Å². The van der Waals surface area contributed by atoms with Gasteiger partial charge in [-0.1, -0.05) is 36.4 Å². The summed E-state index contributed by atoms with van der Waals surface area (Å²) in [4.78, 5) is 1.24. The Labute approximate surface area is 149 Å². The summed E-state index contributed by atoms with van der Waals surface area (Å²) in [5, 5.41) is 2.44. The van der Waals surface area contributed by atoms with Crippen LogP contribution in [0.5, 0.6) is 11.5 Å². The fourth-order valence-corrected chi connectivity index (χ4v) is 4.20. The van der Waals surface area contributed by atoms with Crippen LogP contribution in [0.25, 0.3) is 10.8 Å². The van der Waals surface area contributed by atoms with Crippen molar-refractivity contribution in [3.05, 3.63) is 66.2 Å².